The molecule has 2 aromatic rings. The fourth-order valence-electron chi connectivity index (χ4n) is 3.77. The van der Waals surface area contributed by atoms with Gasteiger partial charge in [-0.3, -0.25) is 9.59 Å². The van der Waals surface area contributed by atoms with Gasteiger partial charge in [0.05, 0.1) is 14.2 Å². The summed E-state index contributed by atoms with van der Waals surface area (Å²) in [6, 6.07) is 15.3. The lowest BCUT2D eigenvalue weighted by Crippen LogP contribution is -2.51. The number of ether oxygens (including phenoxy) is 2. The second kappa shape index (κ2) is 13.5. The molecule has 6 nitrogen and oxygen atoms in total. The Hall–Kier alpha value is -3.02. The van der Waals surface area contributed by atoms with Crippen LogP contribution in [0.15, 0.2) is 48.5 Å². The van der Waals surface area contributed by atoms with E-state index in [9.17, 15) is 9.59 Å². The van der Waals surface area contributed by atoms with E-state index in [1.54, 1.807) is 19.1 Å². The number of carbonyl (C=O) groups excluding carboxylic acids is 2. The third-order valence-electron chi connectivity index (χ3n) is 5.95. The molecule has 0 aliphatic heterocycles. The van der Waals surface area contributed by atoms with Crippen LogP contribution in [0.25, 0.3) is 0 Å². The predicted octanol–water partition coefficient (Wildman–Crippen LogP) is 4.40. The Morgan fingerprint density at radius 1 is 0.909 bits per heavy atom. The van der Waals surface area contributed by atoms with Crippen molar-refractivity contribution in [1.82, 2.24) is 10.2 Å². The molecular weight excluding hydrogens is 416 g/mol. The molecule has 0 radical (unpaired) electrons. The third-order valence-corrected chi connectivity index (χ3v) is 5.95. The summed E-state index contributed by atoms with van der Waals surface area (Å²) in [5, 5.41) is 3.05. The second-order valence-electron chi connectivity index (χ2n) is 8.25. The minimum absolute atomic E-state index is 0.0214. The summed E-state index contributed by atoms with van der Waals surface area (Å²) >= 11 is 0. The molecule has 33 heavy (non-hydrogen) atoms. The molecule has 0 aromatic heterocycles. The first kappa shape index (κ1) is 26.2. The first-order valence-corrected chi connectivity index (χ1v) is 11.8. The molecule has 0 heterocycles. The van der Waals surface area contributed by atoms with Crippen LogP contribution in [0.5, 0.6) is 11.5 Å². The van der Waals surface area contributed by atoms with Gasteiger partial charge in [0.2, 0.25) is 11.8 Å². The number of benzene rings is 2. The Morgan fingerprint density at radius 3 is 2.21 bits per heavy atom. The van der Waals surface area contributed by atoms with Crippen LogP contribution in [-0.2, 0) is 22.4 Å². The Balaban J connectivity index is 2.16. The third kappa shape index (κ3) is 7.81. The van der Waals surface area contributed by atoms with Gasteiger partial charge in [0, 0.05) is 19.0 Å². The summed E-state index contributed by atoms with van der Waals surface area (Å²) in [7, 11) is 3.20. The van der Waals surface area contributed by atoms with Crippen molar-refractivity contribution in [2.75, 3.05) is 20.8 Å². The fraction of sp³-hybridized carbons (Fsp3) is 0.481. The molecular formula is C27H38N2O4. The molecule has 6 heteroatoms. The predicted molar refractivity (Wildman–Crippen MR) is 132 cm³/mol. The molecule has 0 saturated heterocycles. The maximum Gasteiger partial charge on any atom is 0.243 e. The van der Waals surface area contributed by atoms with Crippen molar-refractivity contribution < 1.29 is 19.1 Å². The standard InChI is InChI=1S/C27H38N2O4/c1-6-20(3)28-27(31)23(7-2)29(18-17-21-11-9-8-10-12-21)26(30)16-14-22-13-15-24(32-4)25(19-22)33-5/h8-13,15,19-20,23H,6-7,14,16-18H2,1-5H3,(H,28,31). The number of nitrogens with zero attached hydrogens (tertiary/aromatic N) is 1. The van der Waals surface area contributed by atoms with Crippen LogP contribution >= 0.6 is 0 Å². The van der Waals surface area contributed by atoms with Crippen LogP contribution in [-0.4, -0.2) is 49.6 Å². The number of carbonyl (C=O) groups is 2. The topological polar surface area (TPSA) is 67.9 Å². The number of aryl methyl sites for hydroxylation is 1. The van der Waals surface area contributed by atoms with Crippen molar-refractivity contribution in [3.8, 4) is 11.5 Å². The van der Waals surface area contributed by atoms with Crippen LogP contribution in [0.1, 0.15) is 51.2 Å². The van der Waals surface area contributed by atoms with Crippen molar-refractivity contribution >= 4 is 11.8 Å². The quantitative estimate of drug-likeness (QED) is 0.487. The number of hydrogen-bond donors (Lipinski definition) is 1. The average Bonchev–Trinajstić information content (AvgIpc) is 2.85. The number of hydrogen-bond acceptors (Lipinski definition) is 4. The second-order valence-corrected chi connectivity index (χ2v) is 8.25. The first-order chi connectivity index (χ1) is 15.9. The summed E-state index contributed by atoms with van der Waals surface area (Å²) in [5.41, 5.74) is 2.13. The van der Waals surface area contributed by atoms with E-state index in [2.05, 4.69) is 5.32 Å². The van der Waals surface area contributed by atoms with Crippen molar-refractivity contribution in [1.29, 1.82) is 0 Å². The van der Waals surface area contributed by atoms with E-state index in [0.29, 0.717) is 43.7 Å². The zero-order valence-electron chi connectivity index (χ0n) is 20.6. The normalized spacial score (nSPS) is 12.5. The lowest BCUT2D eigenvalue weighted by molar-refractivity contribution is -0.141. The largest absolute Gasteiger partial charge is 0.493 e. The molecule has 2 rings (SSSR count). The lowest BCUT2D eigenvalue weighted by Gasteiger charge is -2.31. The number of nitrogens with one attached hydrogen (secondary N) is 1. The highest BCUT2D eigenvalue weighted by Gasteiger charge is 2.28. The summed E-state index contributed by atoms with van der Waals surface area (Å²) in [6.45, 7) is 6.48. The first-order valence-electron chi connectivity index (χ1n) is 11.8. The van der Waals surface area contributed by atoms with Crippen molar-refractivity contribution in [3.05, 3.63) is 59.7 Å². The highest BCUT2D eigenvalue weighted by Crippen LogP contribution is 2.28. The van der Waals surface area contributed by atoms with Gasteiger partial charge in [-0.15, -0.1) is 0 Å². The zero-order chi connectivity index (χ0) is 24.2. The minimum Gasteiger partial charge on any atom is -0.493 e. The molecule has 2 unspecified atom stereocenters. The Morgan fingerprint density at radius 2 is 1.61 bits per heavy atom. The maximum atomic E-state index is 13.4. The van der Waals surface area contributed by atoms with E-state index in [1.807, 2.05) is 69.3 Å². The number of rotatable bonds is 13. The van der Waals surface area contributed by atoms with Gasteiger partial charge < -0.3 is 19.7 Å². The fourth-order valence-corrected chi connectivity index (χ4v) is 3.77. The summed E-state index contributed by atoms with van der Waals surface area (Å²) in [6.07, 6.45) is 3.00. The summed E-state index contributed by atoms with van der Waals surface area (Å²) < 4.78 is 10.7. The van der Waals surface area contributed by atoms with Crippen LogP contribution in [0.3, 0.4) is 0 Å². The van der Waals surface area contributed by atoms with Crippen LogP contribution in [0.4, 0.5) is 0 Å². The van der Waals surface area contributed by atoms with E-state index in [1.165, 1.54) is 0 Å². The van der Waals surface area contributed by atoms with Gasteiger partial charge >= 0.3 is 0 Å². The van der Waals surface area contributed by atoms with Crippen LogP contribution in [0, 0.1) is 0 Å². The highest BCUT2D eigenvalue weighted by atomic mass is 16.5. The Labute approximate surface area is 198 Å². The average molecular weight is 455 g/mol. The Bertz CT molecular complexity index is 885. The van der Waals surface area contributed by atoms with E-state index in [0.717, 1.165) is 17.5 Å². The molecule has 180 valence electrons. The van der Waals surface area contributed by atoms with Crippen LogP contribution in [0.2, 0.25) is 0 Å². The van der Waals surface area contributed by atoms with Crippen molar-refractivity contribution in [2.45, 2.75) is 65.0 Å². The highest BCUT2D eigenvalue weighted by molar-refractivity contribution is 5.88. The van der Waals surface area contributed by atoms with Gasteiger partial charge in [-0.05, 0) is 55.9 Å². The van der Waals surface area contributed by atoms with Crippen molar-refractivity contribution in [2.24, 2.45) is 0 Å². The van der Waals surface area contributed by atoms with E-state index >= 15 is 0 Å². The SMILES string of the molecule is CCC(C)NC(=O)C(CC)N(CCc1ccccc1)C(=O)CCc1ccc(OC)c(OC)c1. The molecule has 2 amide bonds. The lowest BCUT2D eigenvalue weighted by atomic mass is 10.0. The number of amides is 2. The molecule has 1 N–H and O–H groups in total. The van der Waals surface area contributed by atoms with Gasteiger partial charge in [0.25, 0.3) is 0 Å². The summed E-state index contributed by atoms with van der Waals surface area (Å²) in [5.74, 6) is 1.19. The molecule has 0 bridgehead atoms. The van der Waals surface area contributed by atoms with Gasteiger partial charge in [-0.25, -0.2) is 0 Å². The van der Waals surface area contributed by atoms with Gasteiger partial charge in [0.15, 0.2) is 11.5 Å². The molecule has 0 saturated carbocycles. The molecule has 2 atom stereocenters. The van der Waals surface area contributed by atoms with E-state index in [-0.39, 0.29) is 17.9 Å². The van der Waals surface area contributed by atoms with Gasteiger partial charge in [0.1, 0.15) is 6.04 Å². The smallest absolute Gasteiger partial charge is 0.243 e. The monoisotopic (exact) mass is 454 g/mol. The molecule has 0 aliphatic rings. The molecule has 0 aliphatic carbocycles. The molecule has 0 spiro atoms. The van der Waals surface area contributed by atoms with E-state index in [4.69, 9.17) is 9.47 Å². The minimum atomic E-state index is -0.486. The van der Waals surface area contributed by atoms with E-state index < -0.39 is 6.04 Å². The Kier molecular flexibility index (Phi) is 10.7. The van der Waals surface area contributed by atoms with Gasteiger partial charge in [-0.1, -0.05) is 50.2 Å². The molecule has 2 aromatic carbocycles. The number of methoxy groups -OCH3 is 2. The van der Waals surface area contributed by atoms with Gasteiger partial charge in [-0.2, -0.15) is 0 Å². The maximum absolute atomic E-state index is 13.4. The zero-order valence-corrected chi connectivity index (χ0v) is 20.6. The molecule has 0 fully saturated rings. The summed E-state index contributed by atoms with van der Waals surface area (Å²) in [4.78, 5) is 28.1. The van der Waals surface area contributed by atoms with Crippen molar-refractivity contribution in [3.63, 3.8) is 0 Å². The van der Waals surface area contributed by atoms with Crippen LogP contribution < -0.4 is 14.8 Å².